The highest BCUT2D eigenvalue weighted by molar-refractivity contribution is 6.43. The minimum absolute atomic E-state index is 0.153. The Bertz CT molecular complexity index is 548. The molecule has 2 amide bonds. The van der Waals surface area contributed by atoms with E-state index in [1.807, 2.05) is 30.3 Å². The first-order valence-electron chi connectivity index (χ1n) is 7.49. The summed E-state index contributed by atoms with van der Waals surface area (Å²) in [6, 6.07) is 9.20. The van der Waals surface area contributed by atoms with E-state index in [0.717, 1.165) is 5.56 Å². The van der Waals surface area contributed by atoms with Crippen molar-refractivity contribution in [1.29, 1.82) is 0 Å². The maximum Gasteiger partial charge on any atom is 0.475 e. The highest BCUT2D eigenvalue weighted by atomic mass is 16.4. The fourth-order valence-corrected chi connectivity index (χ4v) is 2.12. The number of nitrogens with zero attached hydrogens (tertiary/aromatic N) is 1. The van der Waals surface area contributed by atoms with E-state index in [9.17, 15) is 19.6 Å². The molecular formula is C16H23BN2O4. The predicted octanol–water partition coefficient (Wildman–Crippen LogP) is 0.150. The first kappa shape index (κ1) is 18.9. The summed E-state index contributed by atoms with van der Waals surface area (Å²) in [6.07, 6.45) is 0.283. The molecule has 3 N–H and O–H groups in total. The van der Waals surface area contributed by atoms with Gasteiger partial charge in [0.15, 0.2) is 0 Å². The van der Waals surface area contributed by atoms with Gasteiger partial charge in [-0.25, -0.2) is 0 Å². The first-order valence-corrected chi connectivity index (χ1v) is 7.49. The van der Waals surface area contributed by atoms with Crippen LogP contribution in [0.25, 0.3) is 0 Å². The van der Waals surface area contributed by atoms with Gasteiger partial charge in [-0.3, -0.25) is 9.59 Å². The van der Waals surface area contributed by atoms with Crippen molar-refractivity contribution < 1.29 is 19.6 Å². The number of carbonyl (C=O) groups is 2. The number of likely N-dealkylation sites (N-methyl/N-ethyl adjacent to an activating group) is 1. The average Bonchev–Trinajstić information content (AvgIpc) is 2.52. The maximum atomic E-state index is 12.1. The van der Waals surface area contributed by atoms with Crippen molar-refractivity contribution in [3.05, 3.63) is 48.0 Å². The highest BCUT2D eigenvalue weighted by Crippen LogP contribution is 2.05. The zero-order chi connectivity index (χ0) is 17.4. The quantitative estimate of drug-likeness (QED) is 0.470. The van der Waals surface area contributed by atoms with E-state index in [2.05, 4.69) is 11.9 Å². The molecule has 0 heterocycles. The number of hydrogen-bond acceptors (Lipinski definition) is 4. The van der Waals surface area contributed by atoms with Crippen LogP contribution in [0.3, 0.4) is 0 Å². The molecule has 0 aliphatic rings. The zero-order valence-corrected chi connectivity index (χ0v) is 13.5. The van der Waals surface area contributed by atoms with Gasteiger partial charge in [0.05, 0.1) is 12.5 Å². The Morgan fingerprint density at radius 3 is 2.39 bits per heavy atom. The van der Waals surface area contributed by atoms with Gasteiger partial charge in [-0.1, -0.05) is 36.9 Å². The minimum atomic E-state index is -1.69. The molecule has 6 nitrogen and oxygen atoms in total. The molecule has 0 aliphatic carbocycles. The van der Waals surface area contributed by atoms with E-state index in [4.69, 9.17) is 0 Å². The van der Waals surface area contributed by atoms with E-state index in [-0.39, 0.29) is 18.9 Å². The molecule has 1 aromatic carbocycles. The lowest BCUT2D eigenvalue weighted by Crippen LogP contribution is -2.51. The first-order chi connectivity index (χ1) is 10.8. The van der Waals surface area contributed by atoms with Crippen LogP contribution in [-0.2, 0) is 16.0 Å². The molecule has 0 aromatic heterocycles. The minimum Gasteiger partial charge on any atom is -0.426 e. The summed E-state index contributed by atoms with van der Waals surface area (Å²) >= 11 is 0. The molecule has 124 valence electrons. The monoisotopic (exact) mass is 318 g/mol. The molecule has 0 saturated carbocycles. The van der Waals surface area contributed by atoms with Crippen LogP contribution in [0.1, 0.15) is 19.4 Å². The van der Waals surface area contributed by atoms with Gasteiger partial charge >= 0.3 is 7.12 Å². The number of rotatable bonds is 8. The Balaban J connectivity index is 2.67. The third-order valence-corrected chi connectivity index (χ3v) is 3.37. The molecule has 1 atom stereocenters. The van der Waals surface area contributed by atoms with Gasteiger partial charge in [0.25, 0.3) is 0 Å². The zero-order valence-electron chi connectivity index (χ0n) is 13.5. The van der Waals surface area contributed by atoms with Gasteiger partial charge in [0.1, 0.15) is 0 Å². The fourth-order valence-electron chi connectivity index (χ4n) is 2.12. The van der Waals surface area contributed by atoms with Gasteiger partial charge in [0, 0.05) is 12.1 Å². The number of carbonyl (C=O) groups excluding carboxylic acids is 2. The Morgan fingerprint density at radius 2 is 1.91 bits per heavy atom. The van der Waals surface area contributed by atoms with Crippen molar-refractivity contribution in [2.24, 2.45) is 0 Å². The van der Waals surface area contributed by atoms with Crippen LogP contribution in [0.5, 0.6) is 0 Å². The Kier molecular flexibility index (Phi) is 7.51. The van der Waals surface area contributed by atoms with Gasteiger partial charge < -0.3 is 20.3 Å². The standard InChI is InChI=1S/C16H23BN2O4/c1-4-19(16(21)12(2)3)11-15(20)18-14(17(22)23)10-13-8-6-5-7-9-13/h5-9,14,22-23H,2,4,10-11H2,1,3H3,(H,18,20)/t14-/m0/s1. The van der Waals surface area contributed by atoms with Crippen molar-refractivity contribution in [3.8, 4) is 0 Å². The van der Waals surface area contributed by atoms with Gasteiger partial charge in [-0.15, -0.1) is 0 Å². The lowest BCUT2D eigenvalue weighted by molar-refractivity contribution is -0.133. The summed E-state index contributed by atoms with van der Waals surface area (Å²) in [6.45, 7) is 7.13. The third kappa shape index (κ3) is 6.26. The second-order valence-electron chi connectivity index (χ2n) is 5.38. The molecule has 0 radical (unpaired) electrons. The molecule has 0 bridgehead atoms. The summed E-state index contributed by atoms with van der Waals surface area (Å²) in [5, 5.41) is 21.5. The largest absolute Gasteiger partial charge is 0.475 e. The Morgan fingerprint density at radius 1 is 1.30 bits per heavy atom. The molecule has 0 aliphatic heterocycles. The highest BCUT2D eigenvalue weighted by Gasteiger charge is 2.26. The summed E-state index contributed by atoms with van der Waals surface area (Å²) in [4.78, 5) is 25.3. The van der Waals surface area contributed by atoms with E-state index in [0.29, 0.717) is 12.1 Å². The molecule has 7 heteroatoms. The smallest absolute Gasteiger partial charge is 0.426 e. The molecule has 1 rings (SSSR count). The Hall–Kier alpha value is -2.12. The fraction of sp³-hybridized carbons (Fsp3) is 0.375. The van der Waals surface area contributed by atoms with Crippen molar-refractivity contribution in [1.82, 2.24) is 10.2 Å². The van der Waals surface area contributed by atoms with Crippen LogP contribution < -0.4 is 5.32 Å². The van der Waals surface area contributed by atoms with E-state index >= 15 is 0 Å². The normalized spacial score (nSPS) is 11.5. The predicted molar refractivity (Wildman–Crippen MR) is 89.3 cm³/mol. The van der Waals surface area contributed by atoms with E-state index in [1.54, 1.807) is 13.8 Å². The SMILES string of the molecule is C=C(C)C(=O)N(CC)CC(=O)N[C@@H](Cc1ccccc1)B(O)O. The van der Waals surface area contributed by atoms with Gasteiger partial charge in [-0.05, 0) is 25.8 Å². The number of amides is 2. The lowest BCUT2D eigenvalue weighted by atomic mass is 9.76. The van der Waals surface area contributed by atoms with E-state index < -0.39 is 19.0 Å². The summed E-state index contributed by atoms with van der Waals surface area (Å²) in [5.74, 6) is -1.59. The summed E-state index contributed by atoms with van der Waals surface area (Å²) < 4.78 is 0. The van der Waals surface area contributed by atoms with Crippen LogP contribution in [0.2, 0.25) is 0 Å². The Labute approximate surface area is 137 Å². The molecule has 1 aromatic rings. The number of benzene rings is 1. The molecule has 0 saturated heterocycles. The van der Waals surface area contributed by atoms with Crippen molar-refractivity contribution in [2.75, 3.05) is 13.1 Å². The third-order valence-electron chi connectivity index (χ3n) is 3.37. The molecule has 0 fully saturated rings. The molecule has 0 unspecified atom stereocenters. The van der Waals surface area contributed by atoms with Crippen LogP contribution in [0.15, 0.2) is 42.5 Å². The second kappa shape index (κ2) is 9.12. The van der Waals surface area contributed by atoms with Crippen LogP contribution in [0, 0.1) is 0 Å². The van der Waals surface area contributed by atoms with Gasteiger partial charge in [0.2, 0.25) is 11.8 Å². The number of nitrogens with one attached hydrogen (secondary N) is 1. The summed E-state index contributed by atoms with van der Waals surface area (Å²) in [7, 11) is -1.69. The topological polar surface area (TPSA) is 89.9 Å². The van der Waals surface area contributed by atoms with Crippen LogP contribution in [-0.4, -0.2) is 52.9 Å². The van der Waals surface area contributed by atoms with Crippen molar-refractivity contribution >= 4 is 18.9 Å². The maximum absolute atomic E-state index is 12.1. The van der Waals surface area contributed by atoms with Crippen molar-refractivity contribution in [3.63, 3.8) is 0 Å². The summed E-state index contributed by atoms with van der Waals surface area (Å²) in [5.41, 5.74) is 1.22. The second-order valence-corrected chi connectivity index (χ2v) is 5.38. The molecule has 23 heavy (non-hydrogen) atoms. The average molecular weight is 318 g/mol. The van der Waals surface area contributed by atoms with Crippen LogP contribution >= 0.6 is 0 Å². The van der Waals surface area contributed by atoms with Gasteiger partial charge in [-0.2, -0.15) is 0 Å². The van der Waals surface area contributed by atoms with Crippen LogP contribution in [0.4, 0.5) is 0 Å². The lowest BCUT2D eigenvalue weighted by Gasteiger charge is -2.23. The van der Waals surface area contributed by atoms with Crippen molar-refractivity contribution in [2.45, 2.75) is 26.2 Å². The molecule has 0 spiro atoms. The van der Waals surface area contributed by atoms with E-state index in [1.165, 1.54) is 4.90 Å². The molecular weight excluding hydrogens is 295 g/mol. The number of hydrogen-bond donors (Lipinski definition) is 3.